The maximum Gasteiger partial charge on any atom is 0.229 e. The minimum absolute atomic E-state index is 0.0653. The third kappa shape index (κ3) is 3.17. The van der Waals surface area contributed by atoms with E-state index in [2.05, 4.69) is 43.0 Å². The molecule has 1 fully saturated rings. The smallest absolute Gasteiger partial charge is 0.229 e. The summed E-state index contributed by atoms with van der Waals surface area (Å²) in [6, 6.07) is 4.89. The van der Waals surface area contributed by atoms with E-state index in [9.17, 15) is 4.39 Å². The quantitative estimate of drug-likeness (QED) is 0.827. The van der Waals surface area contributed by atoms with Gasteiger partial charge in [0.05, 0.1) is 9.50 Å². The Morgan fingerprint density at radius 2 is 2.27 bits per heavy atom. The van der Waals surface area contributed by atoms with Gasteiger partial charge in [0.15, 0.2) is 0 Å². The normalized spacial score (nSPS) is 17.8. The van der Waals surface area contributed by atoms with Gasteiger partial charge in [-0.15, -0.1) is 0 Å². The molecule has 1 atom stereocenters. The number of benzene rings is 1. The molecule has 116 valence electrons. The SMILES string of the molecule is CC1CCCN1c1nc(Nc2ccc(F)c(Cl)c2)ncc1Br. The Morgan fingerprint density at radius 3 is 2.95 bits per heavy atom. The van der Waals surface area contributed by atoms with E-state index in [4.69, 9.17) is 11.6 Å². The molecule has 0 radical (unpaired) electrons. The van der Waals surface area contributed by atoms with Crippen LogP contribution < -0.4 is 10.2 Å². The zero-order valence-electron chi connectivity index (χ0n) is 12.0. The predicted octanol–water partition coefficient (Wildman–Crippen LogP) is 4.76. The summed E-state index contributed by atoms with van der Waals surface area (Å²) in [6.45, 7) is 3.17. The molecule has 1 aromatic heterocycles. The van der Waals surface area contributed by atoms with Crippen LogP contribution in [0.4, 0.5) is 21.8 Å². The second-order valence-corrected chi connectivity index (χ2v) is 6.57. The number of aromatic nitrogens is 2. The Labute approximate surface area is 141 Å². The van der Waals surface area contributed by atoms with Gasteiger partial charge in [-0.2, -0.15) is 4.98 Å². The largest absolute Gasteiger partial charge is 0.353 e. The summed E-state index contributed by atoms with van der Waals surface area (Å²) < 4.78 is 14.1. The van der Waals surface area contributed by atoms with E-state index in [1.807, 2.05) is 0 Å². The van der Waals surface area contributed by atoms with Crippen molar-refractivity contribution < 1.29 is 4.39 Å². The fraction of sp³-hybridized carbons (Fsp3) is 0.333. The second-order valence-electron chi connectivity index (χ2n) is 5.30. The molecule has 0 aliphatic carbocycles. The van der Waals surface area contributed by atoms with Gasteiger partial charge in [-0.25, -0.2) is 9.37 Å². The summed E-state index contributed by atoms with van der Waals surface area (Å²) in [5.41, 5.74) is 0.647. The highest BCUT2D eigenvalue weighted by molar-refractivity contribution is 9.10. The van der Waals surface area contributed by atoms with Crippen LogP contribution in [0.2, 0.25) is 5.02 Å². The van der Waals surface area contributed by atoms with Gasteiger partial charge in [-0.05, 0) is 53.9 Å². The molecule has 3 rings (SSSR count). The first-order valence-electron chi connectivity index (χ1n) is 7.06. The Bertz CT molecular complexity index is 697. The molecule has 1 aromatic carbocycles. The highest BCUT2D eigenvalue weighted by Crippen LogP contribution is 2.31. The van der Waals surface area contributed by atoms with E-state index >= 15 is 0 Å². The first kappa shape index (κ1) is 15.5. The lowest BCUT2D eigenvalue weighted by molar-refractivity contribution is 0.628. The van der Waals surface area contributed by atoms with Crippen LogP contribution in [-0.4, -0.2) is 22.6 Å². The second kappa shape index (κ2) is 6.38. The molecule has 2 heterocycles. The number of halogens is 3. The maximum absolute atomic E-state index is 13.2. The molecule has 4 nitrogen and oxygen atoms in total. The topological polar surface area (TPSA) is 41.1 Å². The van der Waals surface area contributed by atoms with Crippen molar-refractivity contribution in [3.63, 3.8) is 0 Å². The first-order valence-corrected chi connectivity index (χ1v) is 8.23. The van der Waals surface area contributed by atoms with Crippen LogP contribution in [0, 0.1) is 5.82 Å². The highest BCUT2D eigenvalue weighted by atomic mass is 79.9. The van der Waals surface area contributed by atoms with Gasteiger partial charge in [0, 0.05) is 24.5 Å². The van der Waals surface area contributed by atoms with Gasteiger partial charge in [0.2, 0.25) is 5.95 Å². The van der Waals surface area contributed by atoms with Crippen LogP contribution in [0.1, 0.15) is 19.8 Å². The number of rotatable bonds is 3. The summed E-state index contributed by atoms with van der Waals surface area (Å²) >= 11 is 9.30. The van der Waals surface area contributed by atoms with Crippen molar-refractivity contribution in [3.05, 3.63) is 39.7 Å². The van der Waals surface area contributed by atoms with Crippen molar-refractivity contribution in [1.29, 1.82) is 0 Å². The van der Waals surface area contributed by atoms with Crippen LogP contribution >= 0.6 is 27.5 Å². The number of hydrogen-bond donors (Lipinski definition) is 1. The lowest BCUT2D eigenvalue weighted by Gasteiger charge is -2.23. The van der Waals surface area contributed by atoms with E-state index in [0.717, 1.165) is 29.7 Å². The van der Waals surface area contributed by atoms with Crippen LogP contribution in [0.15, 0.2) is 28.9 Å². The Balaban J connectivity index is 1.87. The maximum atomic E-state index is 13.2. The summed E-state index contributed by atoms with van der Waals surface area (Å²) in [4.78, 5) is 11.1. The first-order chi connectivity index (χ1) is 10.5. The molecule has 2 aromatic rings. The van der Waals surface area contributed by atoms with Crippen LogP contribution in [-0.2, 0) is 0 Å². The van der Waals surface area contributed by atoms with Gasteiger partial charge in [0.1, 0.15) is 11.6 Å². The molecule has 0 saturated carbocycles. The molecule has 7 heteroatoms. The van der Waals surface area contributed by atoms with Crippen molar-refractivity contribution in [1.82, 2.24) is 9.97 Å². The number of nitrogens with zero attached hydrogens (tertiary/aromatic N) is 3. The average molecular weight is 386 g/mol. The van der Waals surface area contributed by atoms with Crippen molar-refractivity contribution in [3.8, 4) is 0 Å². The van der Waals surface area contributed by atoms with Gasteiger partial charge in [-0.1, -0.05) is 11.6 Å². The summed E-state index contributed by atoms with van der Waals surface area (Å²) in [5, 5.41) is 3.12. The van der Waals surface area contributed by atoms with E-state index in [1.54, 1.807) is 12.3 Å². The fourth-order valence-electron chi connectivity index (χ4n) is 2.57. The minimum atomic E-state index is -0.449. The molecular weight excluding hydrogens is 371 g/mol. The van der Waals surface area contributed by atoms with Gasteiger partial charge in [0.25, 0.3) is 0 Å². The molecular formula is C15H15BrClFN4. The molecule has 22 heavy (non-hydrogen) atoms. The van der Waals surface area contributed by atoms with E-state index in [1.165, 1.54) is 12.1 Å². The molecule has 1 unspecified atom stereocenters. The zero-order chi connectivity index (χ0) is 15.7. The van der Waals surface area contributed by atoms with Gasteiger partial charge in [-0.3, -0.25) is 0 Å². The summed E-state index contributed by atoms with van der Waals surface area (Å²) in [5.74, 6) is 0.881. The Kier molecular flexibility index (Phi) is 4.49. The average Bonchev–Trinajstić information content (AvgIpc) is 2.91. The fourth-order valence-corrected chi connectivity index (χ4v) is 3.17. The molecule has 0 bridgehead atoms. The van der Waals surface area contributed by atoms with Crippen molar-refractivity contribution >= 4 is 45.0 Å². The van der Waals surface area contributed by atoms with E-state index in [0.29, 0.717) is 17.7 Å². The summed E-state index contributed by atoms with van der Waals surface area (Å²) in [6.07, 6.45) is 4.04. The third-order valence-electron chi connectivity index (χ3n) is 3.73. The number of nitrogens with one attached hydrogen (secondary N) is 1. The number of hydrogen-bond acceptors (Lipinski definition) is 4. The van der Waals surface area contributed by atoms with Crippen molar-refractivity contribution in [2.75, 3.05) is 16.8 Å². The summed E-state index contributed by atoms with van der Waals surface area (Å²) in [7, 11) is 0. The zero-order valence-corrected chi connectivity index (χ0v) is 14.3. The lowest BCUT2D eigenvalue weighted by atomic mass is 10.2. The molecule has 1 N–H and O–H groups in total. The van der Waals surface area contributed by atoms with Crippen molar-refractivity contribution in [2.45, 2.75) is 25.8 Å². The molecule has 0 amide bonds. The molecule has 1 saturated heterocycles. The number of anilines is 3. The minimum Gasteiger partial charge on any atom is -0.353 e. The van der Waals surface area contributed by atoms with E-state index in [-0.39, 0.29) is 5.02 Å². The Hall–Kier alpha value is -1.40. The Morgan fingerprint density at radius 1 is 1.45 bits per heavy atom. The standard InChI is InChI=1S/C15H15BrClFN4/c1-9-3-2-6-22(9)14-11(16)8-19-15(21-14)20-10-4-5-13(18)12(17)7-10/h4-5,7-9H,2-3,6H2,1H3,(H,19,20,21). The highest BCUT2D eigenvalue weighted by Gasteiger charge is 2.24. The molecule has 1 aliphatic heterocycles. The van der Waals surface area contributed by atoms with Crippen LogP contribution in [0.25, 0.3) is 0 Å². The molecule has 0 spiro atoms. The van der Waals surface area contributed by atoms with Crippen LogP contribution in [0.3, 0.4) is 0 Å². The molecule has 1 aliphatic rings. The van der Waals surface area contributed by atoms with Crippen molar-refractivity contribution in [2.24, 2.45) is 0 Å². The third-order valence-corrected chi connectivity index (χ3v) is 4.58. The van der Waals surface area contributed by atoms with E-state index < -0.39 is 5.82 Å². The monoisotopic (exact) mass is 384 g/mol. The lowest BCUT2D eigenvalue weighted by Crippen LogP contribution is -2.27. The van der Waals surface area contributed by atoms with Gasteiger partial charge >= 0.3 is 0 Å². The predicted molar refractivity (Wildman–Crippen MR) is 90.5 cm³/mol. The van der Waals surface area contributed by atoms with Gasteiger partial charge < -0.3 is 10.2 Å². The van der Waals surface area contributed by atoms with Crippen LogP contribution in [0.5, 0.6) is 0 Å².